The number of alkyl halides is 2. The Morgan fingerprint density at radius 3 is 2.41 bits per heavy atom. The van der Waals surface area contributed by atoms with Gasteiger partial charge in [0.05, 0.1) is 17.1 Å². The molecule has 1 aromatic carbocycles. The highest BCUT2D eigenvalue weighted by Gasteiger charge is 2.43. The van der Waals surface area contributed by atoms with Gasteiger partial charge in [-0.05, 0) is 57.7 Å². The lowest BCUT2D eigenvalue weighted by atomic mass is 9.96. The minimum absolute atomic E-state index is 0.111. The first-order valence-corrected chi connectivity index (χ1v) is 12.3. The molecule has 200 valence electrons. The fourth-order valence-electron chi connectivity index (χ4n) is 4.88. The summed E-state index contributed by atoms with van der Waals surface area (Å²) in [6, 6.07) is 4.95. The van der Waals surface area contributed by atoms with Crippen molar-refractivity contribution >= 4 is 29.2 Å². The van der Waals surface area contributed by atoms with Gasteiger partial charge in [0.1, 0.15) is 11.6 Å². The molecule has 1 unspecified atom stereocenters. The number of halogens is 5. The van der Waals surface area contributed by atoms with Crippen LogP contribution < -0.4 is 20.3 Å². The molecule has 1 aromatic heterocycles. The number of hydrogen-bond acceptors (Lipinski definition) is 5. The number of anilines is 1. The Labute approximate surface area is 216 Å². The lowest BCUT2D eigenvalue weighted by Crippen LogP contribution is -2.55. The molecule has 7 nitrogen and oxygen atoms in total. The van der Waals surface area contributed by atoms with E-state index in [-0.39, 0.29) is 34.5 Å². The summed E-state index contributed by atoms with van der Waals surface area (Å²) in [7, 11) is 0. The number of aromatic nitrogens is 1. The molecule has 3 heterocycles. The van der Waals surface area contributed by atoms with E-state index in [1.165, 1.54) is 20.0 Å². The smallest absolute Gasteiger partial charge is 0.263 e. The van der Waals surface area contributed by atoms with E-state index in [0.717, 1.165) is 25.0 Å². The summed E-state index contributed by atoms with van der Waals surface area (Å²) in [5.41, 5.74) is -1.20. The standard InChI is InChI=1S/C25H27ClF4N4O3/c1-25(2,37-20-10-19(28)18(27)9-17(20)26)24(36)33-14-7-15-4-5-16(8-14)34(15)22-6-3-13(11-31-22)23(35)32-12-21(29)30/h3,6,9-11,14-16,21H,4-5,7-8,12H2,1-2H3,(H,32,35)(H,33,36)/t14?,15-,16+. The molecule has 2 N–H and O–H groups in total. The van der Waals surface area contributed by atoms with Crippen LogP contribution in [0.4, 0.5) is 23.4 Å². The van der Waals surface area contributed by atoms with Gasteiger partial charge in [-0.1, -0.05) is 11.6 Å². The third kappa shape index (κ3) is 6.08. The second kappa shape index (κ2) is 10.7. The molecule has 2 bridgehead atoms. The predicted molar refractivity (Wildman–Crippen MR) is 129 cm³/mol. The molecule has 3 atom stereocenters. The summed E-state index contributed by atoms with van der Waals surface area (Å²) in [6.07, 6.45) is 1.85. The number of piperidine rings is 1. The topological polar surface area (TPSA) is 83.6 Å². The second-order valence-corrected chi connectivity index (χ2v) is 10.2. The van der Waals surface area contributed by atoms with Crippen LogP contribution >= 0.6 is 11.6 Å². The number of amides is 2. The first-order chi connectivity index (χ1) is 17.4. The summed E-state index contributed by atoms with van der Waals surface area (Å²) < 4.78 is 57.3. The number of nitrogens with zero attached hydrogens (tertiary/aromatic N) is 2. The maximum absolute atomic E-state index is 13.6. The van der Waals surface area contributed by atoms with E-state index < -0.39 is 42.0 Å². The quantitative estimate of drug-likeness (QED) is 0.380. The Morgan fingerprint density at radius 2 is 1.81 bits per heavy atom. The first-order valence-electron chi connectivity index (χ1n) is 11.9. The van der Waals surface area contributed by atoms with Gasteiger partial charge in [-0.15, -0.1) is 0 Å². The van der Waals surface area contributed by atoms with Crippen molar-refractivity contribution in [3.8, 4) is 5.75 Å². The zero-order valence-corrected chi connectivity index (χ0v) is 21.0. The summed E-state index contributed by atoms with van der Waals surface area (Å²) in [5.74, 6) is -2.72. The summed E-state index contributed by atoms with van der Waals surface area (Å²) in [5, 5.41) is 5.02. The number of benzene rings is 1. The molecule has 0 saturated carbocycles. The molecule has 37 heavy (non-hydrogen) atoms. The average Bonchev–Trinajstić information content (AvgIpc) is 3.10. The van der Waals surface area contributed by atoms with Crippen molar-refractivity contribution < 1.29 is 31.9 Å². The average molecular weight is 543 g/mol. The normalized spacial score (nSPS) is 21.2. The molecule has 0 spiro atoms. The molecule has 12 heteroatoms. The fourth-order valence-corrected chi connectivity index (χ4v) is 5.07. The summed E-state index contributed by atoms with van der Waals surface area (Å²) in [4.78, 5) is 31.6. The van der Waals surface area contributed by atoms with Gasteiger partial charge in [0.2, 0.25) is 0 Å². The third-order valence-electron chi connectivity index (χ3n) is 6.65. The number of ether oxygens (including phenoxy) is 1. The van der Waals surface area contributed by atoms with E-state index >= 15 is 0 Å². The minimum atomic E-state index is -2.63. The van der Waals surface area contributed by atoms with Gasteiger partial charge in [0, 0.05) is 30.4 Å². The van der Waals surface area contributed by atoms with Crippen molar-refractivity contribution in [2.75, 3.05) is 11.4 Å². The van der Waals surface area contributed by atoms with E-state index in [1.807, 2.05) is 0 Å². The Morgan fingerprint density at radius 1 is 1.16 bits per heavy atom. The molecule has 0 aliphatic carbocycles. The molecule has 2 aliphatic rings. The van der Waals surface area contributed by atoms with E-state index in [4.69, 9.17) is 16.3 Å². The van der Waals surface area contributed by atoms with Gasteiger partial charge in [-0.25, -0.2) is 22.5 Å². The van der Waals surface area contributed by atoms with Gasteiger partial charge in [0.25, 0.3) is 18.2 Å². The van der Waals surface area contributed by atoms with Crippen LogP contribution in [-0.4, -0.2) is 53.5 Å². The molecule has 4 rings (SSSR count). The third-order valence-corrected chi connectivity index (χ3v) is 6.94. The lowest BCUT2D eigenvalue weighted by Gasteiger charge is -2.40. The van der Waals surface area contributed by atoms with Crippen LogP contribution in [0.3, 0.4) is 0 Å². The van der Waals surface area contributed by atoms with E-state index in [0.29, 0.717) is 18.7 Å². The summed E-state index contributed by atoms with van der Waals surface area (Å²) in [6.45, 7) is 2.32. The fraction of sp³-hybridized carbons (Fsp3) is 0.480. The summed E-state index contributed by atoms with van der Waals surface area (Å²) >= 11 is 5.95. The van der Waals surface area contributed by atoms with Gasteiger partial charge < -0.3 is 20.3 Å². The predicted octanol–water partition coefficient (Wildman–Crippen LogP) is 4.48. The van der Waals surface area contributed by atoms with Gasteiger partial charge in [0.15, 0.2) is 17.2 Å². The zero-order chi connectivity index (χ0) is 26.9. The van der Waals surface area contributed by atoms with Crippen LogP contribution in [0.25, 0.3) is 0 Å². The monoisotopic (exact) mass is 542 g/mol. The van der Waals surface area contributed by atoms with Crippen molar-refractivity contribution in [2.45, 2.75) is 69.7 Å². The number of nitrogens with one attached hydrogen (secondary N) is 2. The van der Waals surface area contributed by atoms with E-state index in [9.17, 15) is 27.2 Å². The maximum Gasteiger partial charge on any atom is 0.263 e. The largest absolute Gasteiger partial charge is 0.476 e. The highest BCUT2D eigenvalue weighted by molar-refractivity contribution is 6.32. The molecular formula is C25H27ClF4N4O3. The minimum Gasteiger partial charge on any atom is -0.476 e. The Balaban J connectivity index is 1.37. The number of fused-ring (bicyclic) bond motifs is 2. The van der Waals surface area contributed by atoms with Gasteiger partial charge in [-0.2, -0.15) is 0 Å². The van der Waals surface area contributed by atoms with E-state index in [1.54, 1.807) is 12.1 Å². The highest BCUT2D eigenvalue weighted by atomic mass is 35.5. The number of hydrogen-bond donors (Lipinski definition) is 2. The number of carbonyl (C=O) groups is 2. The van der Waals surface area contributed by atoms with Crippen molar-refractivity contribution in [3.05, 3.63) is 52.7 Å². The lowest BCUT2D eigenvalue weighted by molar-refractivity contribution is -0.135. The zero-order valence-electron chi connectivity index (χ0n) is 20.2. The molecule has 0 radical (unpaired) electrons. The second-order valence-electron chi connectivity index (χ2n) is 9.75. The number of carbonyl (C=O) groups excluding carboxylic acids is 2. The molecule has 2 aliphatic heterocycles. The van der Waals surface area contributed by atoms with Crippen LogP contribution in [0.2, 0.25) is 5.02 Å². The van der Waals surface area contributed by atoms with Crippen molar-refractivity contribution in [1.29, 1.82) is 0 Å². The van der Waals surface area contributed by atoms with Crippen molar-refractivity contribution in [2.24, 2.45) is 0 Å². The van der Waals surface area contributed by atoms with E-state index in [2.05, 4.69) is 20.5 Å². The van der Waals surface area contributed by atoms with Crippen molar-refractivity contribution in [1.82, 2.24) is 15.6 Å². The number of rotatable bonds is 8. The van der Waals surface area contributed by atoms with Gasteiger partial charge >= 0.3 is 0 Å². The van der Waals surface area contributed by atoms with Crippen LogP contribution in [0, 0.1) is 11.6 Å². The molecule has 2 aromatic rings. The Kier molecular flexibility index (Phi) is 7.82. The van der Waals surface area contributed by atoms with Crippen LogP contribution in [0.15, 0.2) is 30.5 Å². The number of pyridine rings is 1. The molecule has 2 saturated heterocycles. The molecular weight excluding hydrogens is 516 g/mol. The maximum atomic E-state index is 13.6. The van der Waals surface area contributed by atoms with Gasteiger partial charge in [-0.3, -0.25) is 9.59 Å². The first kappa shape index (κ1) is 27.0. The highest BCUT2D eigenvalue weighted by Crippen LogP contribution is 2.39. The van der Waals surface area contributed by atoms with Crippen LogP contribution in [-0.2, 0) is 4.79 Å². The van der Waals surface area contributed by atoms with Crippen LogP contribution in [0.5, 0.6) is 5.75 Å². The van der Waals surface area contributed by atoms with Crippen LogP contribution in [0.1, 0.15) is 49.9 Å². The molecule has 2 amide bonds. The Bertz CT molecular complexity index is 1150. The Hall–Kier alpha value is -3.08. The van der Waals surface area contributed by atoms with Crippen molar-refractivity contribution in [3.63, 3.8) is 0 Å². The SMILES string of the molecule is CC(C)(Oc1cc(F)c(F)cc1Cl)C(=O)NC1C[C@H]2CC[C@@H](C1)N2c1ccc(C(=O)NCC(F)F)cn1. The molecule has 2 fully saturated rings.